The Hall–Kier alpha value is -3.81. The van der Waals surface area contributed by atoms with Gasteiger partial charge in [0.1, 0.15) is 11.4 Å². The van der Waals surface area contributed by atoms with Crippen molar-refractivity contribution in [3.63, 3.8) is 0 Å². The largest absolute Gasteiger partial charge is 0.497 e. The molecule has 0 aliphatic heterocycles. The second-order valence-electron chi connectivity index (χ2n) is 5.68. The van der Waals surface area contributed by atoms with E-state index in [-0.39, 0.29) is 0 Å². The molecular weight excluding hydrogens is 360 g/mol. The maximum Gasteiger partial charge on any atom is 0.289 e. The topological polar surface area (TPSA) is 97.8 Å². The SMILES string of the molecule is COc1ccc(-c2cc(C(=O)N/N=C/c3cccc(OC)c3OC)[nH]n2)cc1. The minimum Gasteiger partial charge on any atom is -0.497 e. The molecule has 3 rings (SSSR count). The molecule has 1 aromatic heterocycles. The molecule has 0 radical (unpaired) electrons. The first kappa shape index (κ1) is 19.0. The lowest BCUT2D eigenvalue weighted by molar-refractivity contribution is 0.0950. The summed E-state index contributed by atoms with van der Waals surface area (Å²) in [6, 6.07) is 14.4. The molecule has 0 bridgehead atoms. The first-order valence-electron chi connectivity index (χ1n) is 8.40. The predicted octanol–water partition coefficient (Wildman–Crippen LogP) is 2.87. The summed E-state index contributed by atoms with van der Waals surface area (Å²) in [5, 5.41) is 10.9. The molecule has 0 saturated carbocycles. The van der Waals surface area contributed by atoms with Gasteiger partial charge < -0.3 is 14.2 Å². The molecule has 144 valence electrons. The van der Waals surface area contributed by atoms with E-state index in [2.05, 4.69) is 20.7 Å². The third-order valence-corrected chi connectivity index (χ3v) is 4.01. The van der Waals surface area contributed by atoms with E-state index >= 15 is 0 Å². The second kappa shape index (κ2) is 8.72. The maximum atomic E-state index is 12.3. The number of hydrogen-bond donors (Lipinski definition) is 2. The lowest BCUT2D eigenvalue weighted by Crippen LogP contribution is -2.18. The normalized spacial score (nSPS) is 10.7. The molecule has 8 nitrogen and oxygen atoms in total. The minimum atomic E-state index is -0.412. The summed E-state index contributed by atoms with van der Waals surface area (Å²) in [5.41, 5.74) is 4.93. The van der Waals surface area contributed by atoms with Crippen LogP contribution in [-0.2, 0) is 0 Å². The molecule has 0 spiro atoms. The quantitative estimate of drug-likeness (QED) is 0.485. The van der Waals surface area contributed by atoms with Gasteiger partial charge in [-0.15, -0.1) is 0 Å². The monoisotopic (exact) mass is 380 g/mol. The standard InChI is InChI=1S/C20H20N4O4/c1-26-15-9-7-13(8-10-15)16-11-17(23-22-16)20(25)24-21-12-14-5-4-6-18(27-2)19(14)28-3/h4-12H,1-3H3,(H,22,23)(H,24,25)/b21-12+. The molecular formula is C20H20N4O4. The number of hydrogen-bond acceptors (Lipinski definition) is 6. The van der Waals surface area contributed by atoms with Gasteiger partial charge in [-0.25, -0.2) is 5.43 Å². The van der Waals surface area contributed by atoms with E-state index < -0.39 is 5.91 Å². The number of carbonyl (C=O) groups is 1. The van der Waals surface area contributed by atoms with Crippen LogP contribution in [0.15, 0.2) is 53.6 Å². The summed E-state index contributed by atoms with van der Waals surface area (Å²) in [5.74, 6) is 1.45. The van der Waals surface area contributed by atoms with Crippen molar-refractivity contribution in [2.45, 2.75) is 0 Å². The zero-order valence-corrected chi connectivity index (χ0v) is 15.7. The lowest BCUT2D eigenvalue weighted by atomic mass is 10.1. The van der Waals surface area contributed by atoms with Crippen molar-refractivity contribution in [3.8, 4) is 28.5 Å². The van der Waals surface area contributed by atoms with Crippen molar-refractivity contribution in [3.05, 3.63) is 59.8 Å². The van der Waals surface area contributed by atoms with Crippen molar-refractivity contribution in [2.75, 3.05) is 21.3 Å². The van der Waals surface area contributed by atoms with Crippen LogP contribution in [0.2, 0.25) is 0 Å². The molecule has 1 amide bonds. The van der Waals surface area contributed by atoms with Gasteiger partial charge in [0.25, 0.3) is 5.91 Å². The Labute approximate surface area is 162 Å². The molecule has 0 aliphatic rings. The Bertz CT molecular complexity index is 980. The average molecular weight is 380 g/mol. The lowest BCUT2D eigenvalue weighted by Gasteiger charge is -2.09. The Balaban J connectivity index is 1.69. The number of benzene rings is 2. The van der Waals surface area contributed by atoms with Crippen molar-refractivity contribution in [1.82, 2.24) is 15.6 Å². The third-order valence-electron chi connectivity index (χ3n) is 4.01. The molecule has 0 saturated heterocycles. The number of carbonyl (C=O) groups excluding carboxylic acids is 1. The van der Waals surface area contributed by atoms with Crippen molar-refractivity contribution < 1.29 is 19.0 Å². The molecule has 0 fully saturated rings. The second-order valence-corrected chi connectivity index (χ2v) is 5.68. The van der Waals surface area contributed by atoms with Crippen LogP contribution in [0.1, 0.15) is 16.1 Å². The summed E-state index contributed by atoms with van der Waals surface area (Å²) >= 11 is 0. The van der Waals surface area contributed by atoms with E-state index in [1.165, 1.54) is 6.21 Å². The molecule has 1 heterocycles. The van der Waals surface area contributed by atoms with Gasteiger partial charge in [-0.3, -0.25) is 9.89 Å². The molecule has 0 unspecified atom stereocenters. The van der Waals surface area contributed by atoms with Gasteiger partial charge in [0, 0.05) is 11.1 Å². The number of aromatic nitrogens is 2. The highest BCUT2D eigenvalue weighted by Crippen LogP contribution is 2.29. The highest BCUT2D eigenvalue weighted by atomic mass is 16.5. The minimum absolute atomic E-state index is 0.292. The number of amides is 1. The Morgan fingerprint density at radius 1 is 1.07 bits per heavy atom. The van der Waals surface area contributed by atoms with Crippen LogP contribution in [0.3, 0.4) is 0 Å². The molecule has 0 aliphatic carbocycles. The van der Waals surface area contributed by atoms with E-state index in [9.17, 15) is 4.79 Å². The Kier molecular flexibility index (Phi) is 5.91. The fourth-order valence-electron chi connectivity index (χ4n) is 2.58. The van der Waals surface area contributed by atoms with Gasteiger partial charge in [0.2, 0.25) is 0 Å². The van der Waals surface area contributed by atoms with Gasteiger partial charge in [-0.2, -0.15) is 10.2 Å². The summed E-state index contributed by atoms with van der Waals surface area (Å²) < 4.78 is 15.7. The maximum absolute atomic E-state index is 12.3. The molecule has 28 heavy (non-hydrogen) atoms. The molecule has 2 aromatic carbocycles. The number of methoxy groups -OCH3 is 3. The van der Waals surface area contributed by atoms with E-state index in [1.54, 1.807) is 45.6 Å². The van der Waals surface area contributed by atoms with Crippen LogP contribution in [0, 0.1) is 0 Å². The van der Waals surface area contributed by atoms with Crippen LogP contribution in [0.25, 0.3) is 11.3 Å². The van der Waals surface area contributed by atoms with Gasteiger partial charge in [0.05, 0.1) is 33.2 Å². The number of ether oxygens (including phenoxy) is 3. The fraction of sp³-hybridized carbons (Fsp3) is 0.150. The highest BCUT2D eigenvalue weighted by molar-refractivity contribution is 5.94. The highest BCUT2D eigenvalue weighted by Gasteiger charge is 2.11. The first-order valence-corrected chi connectivity index (χ1v) is 8.40. The van der Waals surface area contributed by atoms with E-state index in [0.717, 1.165) is 11.3 Å². The van der Waals surface area contributed by atoms with Gasteiger partial charge in [0.15, 0.2) is 11.5 Å². The van der Waals surface area contributed by atoms with Gasteiger partial charge in [-0.05, 0) is 42.5 Å². The number of H-pyrrole nitrogens is 1. The zero-order chi connectivity index (χ0) is 19.9. The fourth-order valence-corrected chi connectivity index (χ4v) is 2.58. The van der Waals surface area contributed by atoms with E-state index in [4.69, 9.17) is 14.2 Å². The third kappa shape index (κ3) is 4.12. The van der Waals surface area contributed by atoms with Crippen LogP contribution in [0.4, 0.5) is 0 Å². The molecule has 2 N–H and O–H groups in total. The Morgan fingerprint density at radius 2 is 1.86 bits per heavy atom. The van der Waals surface area contributed by atoms with Crippen molar-refractivity contribution >= 4 is 12.1 Å². The summed E-state index contributed by atoms with van der Waals surface area (Å²) in [6.07, 6.45) is 1.49. The Morgan fingerprint density at radius 3 is 2.54 bits per heavy atom. The molecule has 3 aromatic rings. The van der Waals surface area contributed by atoms with E-state index in [1.807, 2.05) is 24.3 Å². The number of nitrogens with zero attached hydrogens (tertiary/aromatic N) is 2. The van der Waals surface area contributed by atoms with Crippen LogP contribution in [0.5, 0.6) is 17.2 Å². The average Bonchev–Trinajstić information content (AvgIpc) is 3.24. The van der Waals surface area contributed by atoms with Gasteiger partial charge >= 0.3 is 0 Å². The number of nitrogens with one attached hydrogen (secondary N) is 2. The number of hydrazone groups is 1. The summed E-state index contributed by atoms with van der Waals surface area (Å²) in [7, 11) is 4.70. The van der Waals surface area contributed by atoms with Gasteiger partial charge in [-0.1, -0.05) is 6.07 Å². The van der Waals surface area contributed by atoms with Crippen LogP contribution < -0.4 is 19.6 Å². The van der Waals surface area contributed by atoms with Crippen molar-refractivity contribution in [2.24, 2.45) is 5.10 Å². The summed E-state index contributed by atoms with van der Waals surface area (Å²) in [4.78, 5) is 12.3. The van der Waals surface area contributed by atoms with E-state index in [0.29, 0.717) is 28.5 Å². The van der Waals surface area contributed by atoms with Crippen LogP contribution >= 0.6 is 0 Å². The first-order chi connectivity index (χ1) is 13.7. The number of aromatic amines is 1. The number of rotatable bonds is 7. The van der Waals surface area contributed by atoms with Crippen molar-refractivity contribution in [1.29, 1.82) is 0 Å². The van der Waals surface area contributed by atoms with Crippen LogP contribution in [-0.4, -0.2) is 43.6 Å². The smallest absolute Gasteiger partial charge is 0.289 e. The number of para-hydroxylation sites is 1. The summed E-state index contributed by atoms with van der Waals surface area (Å²) in [6.45, 7) is 0. The zero-order valence-electron chi connectivity index (χ0n) is 15.7. The molecule has 0 atom stereocenters. The molecule has 8 heteroatoms. The predicted molar refractivity (Wildman–Crippen MR) is 105 cm³/mol.